The van der Waals surface area contributed by atoms with E-state index in [1.165, 1.54) is 12.1 Å². The summed E-state index contributed by atoms with van der Waals surface area (Å²) in [4.78, 5) is 12.8. The van der Waals surface area contributed by atoms with Gasteiger partial charge in [0.05, 0.1) is 19.6 Å². The number of nitrogens with zero attached hydrogens (tertiary/aromatic N) is 1. The normalized spacial score (nSPS) is 20.2. The lowest BCUT2D eigenvalue weighted by molar-refractivity contribution is -0.140. The van der Waals surface area contributed by atoms with Crippen molar-refractivity contribution in [3.8, 4) is 0 Å². The van der Waals surface area contributed by atoms with Gasteiger partial charge in [0, 0.05) is 24.7 Å². The van der Waals surface area contributed by atoms with Gasteiger partial charge in [0.15, 0.2) is 0 Å². The zero-order valence-electron chi connectivity index (χ0n) is 11.0. The molecular formula is C14H17F2NO3. The molecule has 1 aliphatic rings. The first-order chi connectivity index (χ1) is 9.56. The number of morpholine rings is 1. The first-order valence-electron chi connectivity index (χ1n) is 6.47. The average molecular weight is 285 g/mol. The summed E-state index contributed by atoms with van der Waals surface area (Å²) in [6.45, 7) is 1.96. The average Bonchev–Trinajstić information content (AvgIpc) is 2.41. The largest absolute Gasteiger partial charge is 0.481 e. The molecule has 4 nitrogen and oxygen atoms in total. The van der Waals surface area contributed by atoms with Crippen molar-refractivity contribution >= 4 is 5.97 Å². The Hall–Kier alpha value is -1.53. The van der Waals surface area contributed by atoms with Crippen LogP contribution in [-0.2, 0) is 16.1 Å². The molecule has 1 unspecified atom stereocenters. The Labute approximate surface area is 116 Å². The number of alkyl halides is 2. The van der Waals surface area contributed by atoms with Crippen LogP contribution >= 0.6 is 0 Å². The first-order valence-corrected chi connectivity index (χ1v) is 6.47. The van der Waals surface area contributed by atoms with E-state index >= 15 is 0 Å². The van der Waals surface area contributed by atoms with Gasteiger partial charge in [-0.25, -0.2) is 8.78 Å². The third-order valence-corrected chi connectivity index (χ3v) is 3.35. The quantitative estimate of drug-likeness (QED) is 0.902. The molecule has 0 radical (unpaired) electrons. The van der Waals surface area contributed by atoms with Gasteiger partial charge < -0.3 is 9.84 Å². The fourth-order valence-corrected chi connectivity index (χ4v) is 2.35. The van der Waals surface area contributed by atoms with Crippen molar-refractivity contribution in [2.75, 3.05) is 19.8 Å². The summed E-state index contributed by atoms with van der Waals surface area (Å²) in [5, 5.41) is 8.89. The van der Waals surface area contributed by atoms with E-state index < -0.39 is 12.4 Å². The molecule has 0 aliphatic carbocycles. The molecule has 0 saturated carbocycles. The molecule has 1 N–H and O–H groups in total. The van der Waals surface area contributed by atoms with Crippen molar-refractivity contribution in [2.45, 2.75) is 25.4 Å². The van der Waals surface area contributed by atoms with Crippen LogP contribution in [0.1, 0.15) is 24.0 Å². The third-order valence-electron chi connectivity index (χ3n) is 3.35. The number of carboxylic acid groups (broad SMARTS) is 1. The van der Waals surface area contributed by atoms with Gasteiger partial charge in [-0.3, -0.25) is 9.69 Å². The summed E-state index contributed by atoms with van der Waals surface area (Å²) in [5.41, 5.74) is 0.755. The Balaban J connectivity index is 2.06. The SMILES string of the molecule is O=C(O)CC1COCCN1Cc1cccc(C(F)F)c1. The van der Waals surface area contributed by atoms with Crippen molar-refractivity contribution in [3.05, 3.63) is 35.4 Å². The molecule has 1 aliphatic heterocycles. The van der Waals surface area contributed by atoms with E-state index in [0.717, 1.165) is 5.56 Å². The second-order valence-electron chi connectivity index (χ2n) is 4.84. The highest BCUT2D eigenvalue weighted by Crippen LogP contribution is 2.21. The molecule has 0 aromatic heterocycles. The molecule has 1 fully saturated rings. The van der Waals surface area contributed by atoms with Crippen LogP contribution in [0.3, 0.4) is 0 Å². The highest BCUT2D eigenvalue weighted by Gasteiger charge is 2.25. The monoisotopic (exact) mass is 285 g/mol. The summed E-state index contributed by atoms with van der Waals surface area (Å²) < 4.78 is 30.6. The summed E-state index contributed by atoms with van der Waals surface area (Å²) in [6, 6.07) is 6.03. The number of benzene rings is 1. The van der Waals surface area contributed by atoms with Crippen LogP contribution in [0.25, 0.3) is 0 Å². The molecule has 0 amide bonds. The predicted molar refractivity (Wildman–Crippen MR) is 68.7 cm³/mol. The van der Waals surface area contributed by atoms with E-state index in [9.17, 15) is 13.6 Å². The molecule has 1 aromatic rings. The van der Waals surface area contributed by atoms with Crippen molar-refractivity contribution in [1.82, 2.24) is 4.90 Å². The fourth-order valence-electron chi connectivity index (χ4n) is 2.35. The van der Waals surface area contributed by atoms with Gasteiger partial charge >= 0.3 is 5.97 Å². The molecule has 1 aromatic carbocycles. The number of carbonyl (C=O) groups is 1. The Morgan fingerprint density at radius 2 is 2.30 bits per heavy atom. The van der Waals surface area contributed by atoms with Crippen molar-refractivity contribution in [3.63, 3.8) is 0 Å². The molecule has 0 bridgehead atoms. The Morgan fingerprint density at radius 1 is 1.50 bits per heavy atom. The predicted octanol–water partition coefficient (Wildman–Crippen LogP) is 2.30. The van der Waals surface area contributed by atoms with Crippen LogP contribution < -0.4 is 0 Å². The molecule has 20 heavy (non-hydrogen) atoms. The number of carboxylic acids is 1. The second kappa shape index (κ2) is 6.76. The van der Waals surface area contributed by atoms with Gasteiger partial charge in [0.25, 0.3) is 6.43 Å². The minimum atomic E-state index is -2.49. The smallest absolute Gasteiger partial charge is 0.305 e. The molecule has 1 heterocycles. The minimum absolute atomic E-state index is 0.00542. The first kappa shape index (κ1) is 14.9. The van der Waals surface area contributed by atoms with Gasteiger partial charge in [-0.05, 0) is 11.6 Å². The molecule has 1 atom stereocenters. The van der Waals surface area contributed by atoms with E-state index in [1.54, 1.807) is 12.1 Å². The maximum Gasteiger partial charge on any atom is 0.305 e. The van der Waals surface area contributed by atoms with Gasteiger partial charge in [-0.1, -0.05) is 18.2 Å². The van der Waals surface area contributed by atoms with Crippen LogP contribution in [0.5, 0.6) is 0 Å². The summed E-state index contributed by atoms with van der Waals surface area (Å²) in [7, 11) is 0. The Bertz CT molecular complexity index is 467. The van der Waals surface area contributed by atoms with Crippen LogP contribution in [0, 0.1) is 0 Å². The topological polar surface area (TPSA) is 49.8 Å². The van der Waals surface area contributed by atoms with E-state index in [2.05, 4.69) is 0 Å². The van der Waals surface area contributed by atoms with E-state index in [0.29, 0.717) is 26.3 Å². The zero-order chi connectivity index (χ0) is 14.5. The molecule has 6 heteroatoms. The lowest BCUT2D eigenvalue weighted by Gasteiger charge is -2.34. The summed E-state index contributed by atoms with van der Waals surface area (Å²) in [6.07, 6.45) is -2.50. The molecule has 0 spiro atoms. The van der Waals surface area contributed by atoms with Crippen LogP contribution in [0.15, 0.2) is 24.3 Å². The van der Waals surface area contributed by atoms with Crippen LogP contribution in [-0.4, -0.2) is 41.8 Å². The number of halogens is 2. The second-order valence-corrected chi connectivity index (χ2v) is 4.84. The van der Waals surface area contributed by atoms with Crippen LogP contribution in [0.2, 0.25) is 0 Å². The summed E-state index contributed by atoms with van der Waals surface area (Å²) in [5.74, 6) is -0.883. The highest BCUT2D eigenvalue weighted by molar-refractivity contribution is 5.67. The highest BCUT2D eigenvalue weighted by atomic mass is 19.3. The van der Waals surface area contributed by atoms with E-state index in [4.69, 9.17) is 9.84 Å². The zero-order valence-corrected chi connectivity index (χ0v) is 11.0. The fraction of sp³-hybridized carbons (Fsp3) is 0.500. The van der Waals surface area contributed by atoms with Crippen molar-refractivity contribution in [2.24, 2.45) is 0 Å². The maximum absolute atomic E-state index is 12.7. The Kier molecular flexibility index (Phi) is 5.03. The van der Waals surface area contributed by atoms with Gasteiger partial charge in [0.2, 0.25) is 0 Å². The molecular weight excluding hydrogens is 268 g/mol. The van der Waals surface area contributed by atoms with Crippen LogP contribution in [0.4, 0.5) is 8.78 Å². The van der Waals surface area contributed by atoms with Gasteiger partial charge in [-0.15, -0.1) is 0 Å². The number of hydrogen-bond donors (Lipinski definition) is 1. The maximum atomic E-state index is 12.7. The molecule has 2 rings (SSSR count). The number of hydrogen-bond acceptors (Lipinski definition) is 3. The number of rotatable bonds is 5. The lowest BCUT2D eigenvalue weighted by atomic mass is 10.1. The van der Waals surface area contributed by atoms with Gasteiger partial charge in [0.1, 0.15) is 0 Å². The van der Waals surface area contributed by atoms with E-state index in [1.807, 2.05) is 4.90 Å². The van der Waals surface area contributed by atoms with Gasteiger partial charge in [-0.2, -0.15) is 0 Å². The third kappa shape index (κ3) is 3.98. The standard InChI is InChI=1S/C14H17F2NO3/c15-14(16)11-3-1-2-10(6-11)8-17-4-5-20-9-12(17)7-13(18)19/h1-3,6,12,14H,4-5,7-9H2,(H,18,19). The molecule has 1 saturated heterocycles. The lowest BCUT2D eigenvalue weighted by Crippen LogP contribution is -2.45. The minimum Gasteiger partial charge on any atom is -0.481 e. The number of ether oxygens (including phenoxy) is 1. The summed E-state index contributed by atoms with van der Waals surface area (Å²) >= 11 is 0. The van der Waals surface area contributed by atoms with Crippen molar-refractivity contribution < 1.29 is 23.4 Å². The van der Waals surface area contributed by atoms with Crippen molar-refractivity contribution in [1.29, 1.82) is 0 Å². The van der Waals surface area contributed by atoms with E-state index in [-0.39, 0.29) is 18.0 Å². The Morgan fingerprint density at radius 3 is 3.00 bits per heavy atom. The molecule has 110 valence electrons. The number of aliphatic carboxylic acids is 1.